The Bertz CT molecular complexity index is 500. The van der Waals surface area contributed by atoms with Crippen LogP contribution in [0.1, 0.15) is 10.4 Å². The zero-order chi connectivity index (χ0) is 11.0. The molecule has 15 heavy (non-hydrogen) atoms. The lowest BCUT2D eigenvalue weighted by atomic mass is 10.2. The number of rotatable bonds is 2. The van der Waals surface area contributed by atoms with E-state index >= 15 is 0 Å². The van der Waals surface area contributed by atoms with Gasteiger partial charge >= 0.3 is 5.97 Å². The zero-order valence-electron chi connectivity index (χ0n) is 7.64. The molecule has 0 aliphatic heterocycles. The van der Waals surface area contributed by atoms with Gasteiger partial charge in [0.05, 0.1) is 10.4 Å². The summed E-state index contributed by atoms with van der Waals surface area (Å²) < 4.78 is 2.09. The molecule has 1 N–H and O–H groups in total. The second-order valence-corrected chi connectivity index (χ2v) is 4.49. The number of carboxylic acid groups (broad SMARTS) is 1. The van der Waals surface area contributed by atoms with Gasteiger partial charge < -0.3 is 5.11 Å². The smallest absolute Gasteiger partial charge is 0.337 e. The molecule has 0 bridgehead atoms. The maximum absolute atomic E-state index is 10.9. The minimum atomic E-state index is -0.945. The van der Waals surface area contributed by atoms with Crippen molar-refractivity contribution in [3.8, 4) is 10.6 Å². The van der Waals surface area contributed by atoms with Gasteiger partial charge in [-0.1, -0.05) is 5.21 Å². The molecule has 2 aromatic heterocycles. The van der Waals surface area contributed by atoms with E-state index in [9.17, 15) is 4.79 Å². The van der Waals surface area contributed by atoms with Gasteiger partial charge in [0.1, 0.15) is 5.69 Å². The summed E-state index contributed by atoms with van der Waals surface area (Å²) in [5.41, 5.74) is 0.952. The Morgan fingerprint density at radius 2 is 2.40 bits per heavy atom. The monoisotopic (exact) mass is 287 g/mol. The summed E-state index contributed by atoms with van der Waals surface area (Å²) in [6, 6.07) is 1.57. The molecule has 2 aromatic rings. The lowest BCUT2D eigenvalue weighted by molar-refractivity contribution is 0.0698. The Morgan fingerprint density at radius 3 is 2.93 bits per heavy atom. The fraction of sp³-hybridized carbons (Fsp3) is 0.125. The van der Waals surface area contributed by atoms with Crippen LogP contribution in [0.2, 0.25) is 0 Å². The molecule has 0 aliphatic rings. The van der Waals surface area contributed by atoms with Crippen molar-refractivity contribution in [1.29, 1.82) is 0 Å². The van der Waals surface area contributed by atoms with Gasteiger partial charge in [-0.05, 0) is 27.4 Å². The normalized spacial score (nSPS) is 10.5. The first-order valence-corrected chi connectivity index (χ1v) is 5.65. The molecule has 0 saturated carbocycles. The number of hydrogen-bond acceptors (Lipinski definition) is 4. The third kappa shape index (κ3) is 1.68. The number of nitrogens with zero attached hydrogens (tertiary/aromatic N) is 3. The quantitative estimate of drug-likeness (QED) is 0.917. The Morgan fingerprint density at radius 1 is 1.67 bits per heavy atom. The summed E-state index contributed by atoms with van der Waals surface area (Å²) in [5.74, 6) is -0.945. The molecule has 0 spiro atoms. The van der Waals surface area contributed by atoms with E-state index in [0.29, 0.717) is 15.2 Å². The maximum Gasteiger partial charge on any atom is 0.337 e. The molecular weight excluding hydrogens is 282 g/mol. The number of carbonyl (C=O) groups is 1. The Labute approximate surface area is 97.5 Å². The second kappa shape index (κ2) is 3.74. The van der Waals surface area contributed by atoms with Gasteiger partial charge in [-0.3, -0.25) is 0 Å². The summed E-state index contributed by atoms with van der Waals surface area (Å²) in [7, 11) is 1.72. The van der Waals surface area contributed by atoms with Crippen molar-refractivity contribution in [2.45, 2.75) is 0 Å². The van der Waals surface area contributed by atoms with Gasteiger partial charge in [-0.2, -0.15) is 0 Å². The minimum absolute atomic E-state index is 0.270. The van der Waals surface area contributed by atoms with E-state index in [1.165, 1.54) is 11.3 Å². The van der Waals surface area contributed by atoms with Crippen LogP contribution in [0, 0.1) is 0 Å². The van der Waals surface area contributed by atoms with Crippen molar-refractivity contribution < 1.29 is 9.90 Å². The molecule has 0 fully saturated rings. The highest BCUT2D eigenvalue weighted by molar-refractivity contribution is 9.10. The van der Waals surface area contributed by atoms with Crippen LogP contribution in [0.25, 0.3) is 10.6 Å². The fourth-order valence-electron chi connectivity index (χ4n) is 1.23. The van der Waals surface area contributed by atoms with E-state index < -0.39 is 5.97 Å². The number of carboxylic acids is 1. The summed E-state index contributed by atoms with van der Waals surface area (Å²) in [6.45, 7) is 0. The standard InChI is InChI=1S/C8H6BrN3O2S/c1-12-5(7(9)10-11-12)6-4(8(13)14)2-3-15-6/h2-3H,1H3,(H,13,14). The van der Waals surface area contributed by atoms with Crippen molar-refractivity contribution in [3.05, 3.63) is 21.6 Å². The highest BCUT2D eigenvalue weighted by Gasteiger charge is 2.19. The van der Waals surface area contributed by atoms with E-state index in [-0.39, 0.29) is 5.56 Å². The first kappa shape index (κ1) is 10.3. The first-order valence-electron chi connectivity index (χ1n) is 3.97. The largest absolute Gasteiger partial charge is 0.478 e. The van der Waals surface area contributed by atoms with Gasteiger partial charge in [0.15, 0.2) is 4.60 Å². The van der Waals surface area contributed by atoms with Gasteiger partial charge in [0.25, 0.3) is 0 Å². The molecule has 0 aromatic carbocycles. The van der Waals surface area contributed by atoms with Crippen molar-refractivity contribution in [2.24, 2.45) is 7.05 Å². The molecule has 0 aliphatic carbocycles. The van der Waals surface area contributed by atoms with Gasteiger partial charge in [0, 0.05) is 7.05 Å². The van der Waals surface area contributed by atoms with Crippen LogP contribution in [-0.2, 0) is 7.05 Å². The van der Waals surface area contributed by atoms with Crippen LogP contribution < -0.4 is 0 Å². The predicted molar refractivity (Wildman–Crippen MR) is 59.0 cm³/mol. The van der Waals surface area contributed by atoms with Gasteiger partial charge in [-0.15, -0.1) is 16.4 Å². The maximum atomic E-state index is 10.9. The third-order valence-corrected chi connectivity index (χ3v) is 3.35. The number of aromatic carboxylic acids is 1. The average molecular weight is 288 g/mol. The number of aryl methyl sites for hydroxylation is 1. The second-order valence-electron chi connectivity index (χ2n) is 2.82. The molecule has 7 heteroatoms. The molecule has 0 radical (unpaired) electrons. The summed E-state index contributed by atoms with van der Waals surface area (Å²) in [5, 5.41) is 18.3. The van der Waals surface area contributed by atoms with Gasteiger partial charge in [-0.25, -0.2) is 9.48 Å². The van der Waals surface area contributed by atoms with E-state index in [0.717, 1.165) is 0 Å². The molecule has 0 saturated heterocycles. The van der Waals surface area contributed by atoms with E-state index in [4.69, 9.17) is 5.11 Å². The fourth-order valence-corrected chi connectivity index (χ4v) is 2.85. The van der Waals surface area contributed by atoms with Crippen LogP contribution >= 0.6 is 27.3 Å². The Hall–Kier alpha value is -1.21. The Kier molecular flexibility index (Phi) is 2.57. The number of hydrogen-bond donors (Lipinski definition) is 1. The summed E-state index contributed by atoms with van der Waals surface area (Å²) in [4.78, 5) is 11.6. The van der Waals surface area contributed by atoms with Crippen molar-refractivity contribution >= 4 is 33.2 Å². The Balaban J connectivity index is 2.64. The molecular formula is C8H6BrN3O2S. The van der Waals surface area contributed by atoms with Crippen LogP contribution in [0.15, 0.2) is 16.0 Å². The van der Waals surface area contributed by atoms with Crippen molar-refractivity contribution in [3.63, 3.8) is 0 Å². The zero-order valence-corrected chi connectivity index (χ0v) is 10.0. The molecule has 2 heterocycles. The van der Waals surface area contributed by atoms with E-state index in [2.05, 4.69) is 26.2 Å². The first-order chi connectivity index (χ1) is 7.11. The van der Waals surface area contributed by atoms with Crippen molar-refractivity contribution in [2.75, 3.05) is 0 Å². The van der Waals surface area contributed by atoms with E-state index in [1.807, 2.05) is 0 Å². The highest BCUT2D eigenvalue weighted by Crippen LogP contribution is 2.33. The third-order valence-electron chi connectivity index (χ3n) is 1.90. The van der Waals surface area contributed by atoms with E-state index in [1.54, 1.807) is 23.2 Å². The molecule has 0 atom stereocenters. The molecule has 0 unspecified atom stereocenters. The molecule has 2 rings (SSSR count). The van der Waals surface area contributed by atoms with Crippen LogP contribution in [-0.4, -0.2) is 26.1 Å². The minimum Gasteiger partial charge on any atom is -0.478 e. The summed E-state index contributed by atoms with van der Waals surface area (Å²) in [6.07, 6.45) is 0. The SMILES string of the molecule is Cn1nnc(Br)c1-c1sccc1C(=O)O. The number of aromatic nitrogens is 3. The highest BCUT2D eigenvalue weighted by atomic mass is 79.9. The molecule has 0 amide bonds. The topological polar surface area (TPSA) is 68.0 Å². The molecule has 5 nitrogen and oxygen atoms in total. The van der Waals surface area contributed by atoms with Crippen LogP contribution in [0.5, 0.6) is 0 Å². The number of thiophene rings is 1. The average Bonchev–Trinajstić information content (AvgIpc) is 2.73. The molecule has 78 valence electrons. The lowest BCUT2D eigenvalue weighted by Crippen LogP contribution is -1.99. The summed E-state index contributed by atoms with van der Waals surface area (Å²) >= 11 is 4.59. The van der Waals surface area contributed by atoms with Crippen LogP contribution in [0.4, 0.5) is 0 Å². The van der Waals surface area contributed by atoms with Crippen LogP contribution in [0.3, 0.4) is 0 Å². The lowest BCUT2D eigenvalue weighted by Gasteiger charge is -1.99. The van der Waals surface area contributed by atoms with Crippen molar-refractivity contribution in [1.82, 2.24) is 15.0 Å². The number of halogens is 1. The van der Waals surface area contributed by atoms with Gasteiger partial charge in [0.2, 0.25) is 0 Å². The predicted octanol–water partition coefficient (Wildman–Crippen LogP) is 2.00.